The lowest BCUT2D eigenvalue weighted by Crippen LogP contribution is -2.54. The van der Waals surface area contributed by atoms with Crippen molar-refractivity contribution in [3.05, 3.63) is 65.2 Å². The zero-order chi connectivity index (χ0) is 18.8. The maximum atomic E-state index is 12.8. The number of barbiturate groups is 1. The van der Waals surface area contributed by atoms with Gasteiger partial charge in [-0.05, 0) is 42.3 Å². The zero-order valence-electron chi connectivity index (χ0n) is 14.8. The van der Waals surface area contributed by atoms with Crippen LogP contribution in [-0.4, -0.2) is 31.9 Å². The number of para-hydroxylation sites is 1. The van der Waals surface area contributed by atoms with Crippen LogP contribution in [0, 0.1) is 6.92 Å². The summed E-state index contributed by atoms with van der Waals surface area (Å²) < 4.78 is 0. The summed E-state index contributed by atoms with van der Waals surface area (Å²) in [7, 11) is 3.86. The summed E-state index contributed by atoms with van der Waals surface area (Å²) in [5.74, 6) is -1.33. The monoisotopic (exact) mass is 349 g/mol. The first kappa shape index (κ1) is 17.4. The van der Waals surface area contributed by atoms with Crippen LogP contribution in [0.5, 0.6) is 0 Å². The number of nitrogens with one attached hydrogen (secondary N) is 1. The van der Waals surface area contributed by atoms with Gasteiger partial charge in [-0.15, -0.1) is 0 Å². The Hall–Kier alpha value is -3.41. The van der Waals surface area contributed by atoms with Crippen LogP contribution in [0.1, 0.15) is 11.1 Å². The average molecular weight is 349 g/mol. The number of hydrogen-bond acceptors (Lipinski definition) is 4. The minimum Gasteiger partial charge on any atom is -0.378 e. The molecule has 6 heteroatoms. The van der Waals surface area contributed by atoms with Crippen LogP contribution in [0.15, 0.2) is 54.1 Å². The molecule has 0 atom stereocenters. The second-order valence-electron chi connectivity index (χ2n) is 6.23. The van der Waals surface area contributed by atoms with Crippen molar-refractivity contribution >= 4 is 35.3 Å². The third kappa shape index (κ3) is 3.21. The molecule has 3 rings (SSSR count). The van der Waals surface area contributed by atoms with Crippen molar-refractivity contribution in [2.24, 2.45) is 0 Å². The highest BCUT2D eigenvalue weighted by molar-refractivity contribution is 6.39. The summed E-state index contributed by atoms with van der Waals surface area (Å²) in [6.45, 7) is 1.80. The first-order valence-electron chi connectivity index (χ1n) is 8.13. The van der Waals surface area contributed by atoms with Gasteiger partial charge in [0.05, 0.1) is 5.69 Å². The molecule has 0 aromatic heterocycles. The highest BCUT2D eigenvalue weighted by Gasteiger charge is 2.37. The van der Waals surface area contributed by atoms with E-state index in [0.717, 1.165) is 16.2 Å². The van der Waals surface area contributed by atoms with Crippen LogP contribution in [0.4, 0.5) is 16.2 Å². The maximum Gasteiger partial charge on any atom is 0.335 e. The number of carbonyl (C=O) groups excluding carboxylic acids is 3. The topological polar surface area (TPSA) is 69.7 Å². The highest BCUT2D eigenvalue weighted by Crippen LogP contribution is 2.25. The molecule has 0 unspecified atom stereocenters. The number of benzene rings is 2. The van der Waals surface area contributed by atoms with Crippen LogP contribution in [-0.2, 0) is 9.59 Å². The number of aryl methyl sites for hydroxylation is 1. The molecule has 4 amide bonds. The average Bonchev–Trinajstić information content (AvgIpc) is 2.60. The van der Waals surface area contributed by atoms with Gasteiger partial charge in [-0.25, -0.2) is 9.69 Å². The van der Waals surface area contributed by atoms with Crippen LogP contribution < -0.4 is 15.1 Å². The van der Waals surface area contributed by atoms with E-state index in [2.05, 4.69) is 5.32 Å². The molecule has 2 aromatic rings. The van der Waals surface area contributed by atoms with E-state index < -0.39 is 17.8 Å². The minimum atomic E-state index is -0.741. The third-order valence-corrected chi connectivity index (χ3v) is 4.18. The van der Waals surface area contributed by atoms with Crippen molar-refractivity contribution in [1.82, 2.24) is 5.32 Å². The molecule has 1 aliphatic rings. The normalized spacial score (nSPS) is 16.0. The second kappa shape index (κ2) is 6.84. The quantitative estimate of drug-likeness (QED) is 0.683. The molecule has 0 aliphatic carbocycles. The Morgan fingerprint density at radius 2 is 1.62 bits per heavy atom. The lowest BCUT2D eigenvalue weighted by atomic mass is 10.1. The van der Waals surface area contributed by atoms with Crippen LogP contribution in [0.2, 0.25) is 0 Å². The lowest BCUT2D eigenvalue weighted by molar-refractivity contribution is -0.122. The lowest BCUT2D eigenvalue weighted by Gasteiger charge is -2.27. The first-order chi connectivity index (χ1) is 12.4. The van der Waals surface area contributed by atoms with E-state index in [4.69, 9.17) is 0 Å². The van der Waals surface area contributed by atoms with Crippen molar-refractivity contribution in [3.8, 4) is 0 Å². The summed E-state index contributed by atoms with van der Waals surface area (Å²) in [5.41, 5.74) is 2.85. The Morgan fingerprint density at radius 1 is 0.962 bits per heavy atom. The fraction of sp³-hybridized carbons (Fsp3) is 0.150. The number of anilines is 2. The zero-order valence-corrected chi connectivity index (χ0v) is 14.8. The van der Waals surface area contributed by atoms with Gasteiger partial charge in [-0.2, -0.15) is 0 Å². The van der Waals surface area contributed by atoms with E-state index in [-0.39, 0.29) is 5.57 Å². The standard InChI is InChI=1S/C20H19N3O3/c1-13-6-4-5-7-17(13)23-19(25)16(18(24)21-20(23)26)12-14-8-10-15(11-9-14)22(2)3/h4-12H,1-3H3,(H,21,24,26)/b16-12+. The molecular formula is C20H19N3O3. The number of amides is 4. The number of carbonyl (C=O) groups is 3. The molecule has 1 N–H and O–H groups in total. The van der Waals surface area contributed by atoms with Crippen LogP contribution >= 0.6 is 0 Å². The van der Waals surface area contributed by atoms with Gasteiger partial charge < -0.3 is 4.90 Å². The summed E-state index contributed by atoms with van der Waals surface area (Å²) in [5, 5.41) is 2.24. The van der Waals surface area contributed by atoms with Crippen molar-refractivity contribution in [1.29, 1.82) is 0 Å². The fourth-order valence-electron chi connectivity index (χ4n) is 2.73. The van der Waals surface area contributed by atoms with E-state index in [9.17, 15) is 14.4 Å². The van der Waals surface area contributed by atoms with Gasteiger partial charge in [-0.3, -0.25) is 14.9 Å². The molecule has 1 fully saturated rings. The molecule has 1 heterocycles. The first-order valence-corrected chi connectivity index (χ1v) is 8.13. The van der Waals surface area contributed by atoms with E-state index in [0.29, 0.717) is 11.3 Å². The van der Waals surface area contributed by atoms with Crippen molar-refractivity contribution in [3.63, 3.8) is 0 Å². The predicted octanol–water partition coefficient (Wildman–Crippen LogP) is 2.73. The van der Waals surface area contributed by atoms with E-state index >= 15 is 0 Å². The molecule has 6 nitrogen and oxygen atoms in total. The number of hydrogen-bond donors (Lipinski definition) is 1. The number of imide groups is 2. The number of nitrogens with zero attached hydrogens (tertiary/aromatic N) is 2. The number of urea groups is 1. The maximum absolute atomic E-state index is 12.8. The number of rotatable bonds is 3. The molecular weight excluding hydrogens is 330 g/mol. The summed E-state index contributed by atoms with van der Waals surface area (Å²) in [4.78, 5) is 40.2. The van der Waals surface area contributed by atoms with E-state index in [1.165, 1.54) is 6.08 Å². The summed E-state index contributed by atoms with van der Waals surface area (Å²) in [6.07, 6.45) is 1.49. The molecule has 0 bridgehead atoms. The Balaban J connectivity index is 1.99. The van der Waals surface area contributed by atoms with Gasteiger partial charge in [-0.1, -0.05) is 30.3 Å². The Kier molecular flexibility index (Phi) is 4.58. The van der Waals surface area contributed by atoms with Gasteiger partial charge in [0.2, 0.25) is 0 Å². The SMILES string of the molecule is Cc1ccccc1N1C(=O)NC(=O)/C(=C\c2ccc(N(C)C)cc2)C1=O. The van der Waals surface area contributed by atoms with Crippen molar-refractivity contribution in [2.45, 2.75) is 6.92 Å². The molecule has 2 aromatic carbocycles. The fourth-order valence-corrected chi connectivity index (χ4v) is 2.73. The van der Waals surface area contributed by atoms with Crippen molar-refractivity contribution < 1.29 is 14.4 Å². The van der Waals surface area contributed by atoms with Gasteiger partial charge in [0.15, 0.2) is 0 Å². The predicted molar refractivity (Wildman–Crippen MR) is 101 cm³/mol. The van der Waals surface area contributed by atoms with E-state index in [1.54, 1.807) is 25.1 Å². The summed E-state index contributed by atoms with van der Waals surface area (Å²) >= 11 is 0. The Labute approximate surface area is 151 Å². The summed E-state index contributed by atoms with van der Waals surface area (Å²) in [6, 6.07) is 13.7. The van der Waals surface area contributed by atoms with Gasteiger partial charge in [0.1, 0.15) is 5.57 Å². The molecule has 132 valence electrons. The van der Waals surface area contributed by atoms with E-state index in [1.807, 2.05) is 49.3 Å². The molecule has 0 spiro atoms. The minimum absolute atomic E-state index is 0.0783. The molecule has 0 saturated carbocycles. The molecule has 0 radical (unpaired) electrons. The largest absolute Gasteiger partial charge is 0.378 e. The molecule has 1 aliphatic heterocycles. The van der Waals surface area contributed by atoms with Crippen LogP contribution in [0.3, 0.4) is 0 Å². The van der Waals surface area contributed by atoms with Gasteiger partial charge >= 0.3 is 6.03 Å². The Bertz CT molecular complexity index is 914. The molecule has 1 saturated heterocycles. The highest BCUT2D eigenvalue weighted by atomic mass is 16.2. The molecule has 26 heavy (non-hydrogen) atoms. The van der Waals surface area contributed by atoms with Gasteiger partial charge in [0, 0.05) is 19.8 Å². The van der Waals surface area contributed by atoms with Crippen LogP contribution in [0.25, 0.3) is 6.08 Å². The smallest absolute Gasteiger partial charge is 0.335 e. The third-order valence-electron chi connectivity index (χ3n) is 4.18. The Morgan fingerprint density at radius 3 is 2.23 bits per heavy atom. The second-order valence-corrected chi connectivity index (χ2v) is 6.23. The van der Waals surface area contributed by atoms with Gasteiger partial charge in [0.25, 0.3) is 11.8 Å². The van der Waals surface area contributed by atoms with Crippen molar-refractivity contribution in [2.75, 3.05) is 23.9 Å².